The lowest BCUT2D eigenvalue weighted by molar-refractivity contribution is 0.268. The zero-order chi connectivity index (χ0) is 6.15. The van der Waals surface area contributed by atoms with Crippen molar-refractivity contribution < 1.29 is 14.7 Å². The number of aromatic nitrogens is 1. The molecular weight excluding hydrogens is 133 g/mol. The van der Waals surface area contributed by atoms with Crippen molar-refractivity contribution in [1.82, 2.24) is 5.16 Å². The normalized spacial score (nSPS) is 9.62. The fourth-order valence-corrected chi connectivity index (χ4v) is 0.331. The van der Waals surface area contributed by atoms with Gasteiger partial charge in [-0.25, -0.2) is 0 Å². The molecule has 0 saturated carbocycles. The molecule has 0 atom stereocenters. The first-order valence-electron chi connectivity index (χ1n) is 1.75. The van der Waals surface area contributed by atoms with E-state index in [-0.39, 0.29) is 5.02 Å². The van der Waals surface area contributed by atoms with E-state index >= 15 is 0 Å². The maximum Gasteiger partial charge on any atom is 0.331 e. The van der Waals surface area contributed by atoms with Gasteiger partial charge in [-0.05, 0) is 5.16 Å². The number of hydrogen-bond donors (Lipinski definition) is 2. The Kier molecular flexibility index (Phi) is 1.02. The van der Waals surface area contributed by atoms with Crippen LogP contribution in [0.3, 0.4) is 0 Å². The number of nitrogens with zero attached hydrogens (tertiary/aromatic N) is 1. The molecule has 1 heterocycles. The molecule has 1 rings (SSSR count). The zero-order valence-corrected chi connectivity index (χ0v) is 4.38. The molecule has 0 unspecified atom stereocenters. The Balaban J connectivity index is 3.19. The molecule has 0 bridgehead atoms. The smallest absolute Gasteiger partial charge is 0.331 e. The number of hydrogen-bond acceptors (Lipinski definition) is 4. The molecule has 0 radical (unpaired) electrons. The molecule has 0 aliphatic carbocycles. The maximum atomic E-state index is 8.44. The fraction of sp³-hybridized carbons (Fsp3) is 0. The van der Waals surface area contributed by atoms with Gasteiger partial charge in [-0.2, -0.15) is 0 Å². The Bertz CT molecular complexity index is 177. The minimum Gasteiger partial charge on any atom is -0.490 e. The third-order valence-corrected chi connectivity index (χ3v) is 0.933. The zero-order valence-electron chi connectivity index (χ0n) is 3.63. The summed E-state index contributed by atoms with van der Waals surface area (Å²) >= 11 is 5.14. The van der Waals surface area contributed by atoms with E-state index in [4.69, 9.17) is 21.8 Å². The van der Waals surface area contributed by atoms with Crippen LogP contribution < -0.4 is 0 Å². The molecule has 0 saturated heterocycles. The Hall–Kier alpha value is -0.900. The summed E-state index contributed by atoms with van der Waals surface area (Å²) in [5, 5.41) is 19.5. The molecule has 0 fully saturated rings. The van der Waals surface area contributed by atoms with Gasteiger partial charge >= 0.3 is 5.95 Å². The lowest BCUT2D eigenvalue weighted by Crippen LogP contribution is -1.56. The second-order valence-corrected chi connectivity index (χ2v) is 1.50. The highest BCUT2D eigenvalue weighted by molar-refractivity contribution is 6.32. The monoisotopic (exact) mass is 135 g/mol. The number of halogens is 1. The molecule has 4 nitrogen and oxygen atoms in total. The molecule has 2 N–H and O–H groups in total. The van der Waals surface area contributed by atoms with Crippen molar-refractivity contribution in [3.8, 4) is 11.8 Å². The first-order chi connectivity index (χ1) is 3.72. The molecule has 0 aliphatic rings. The van der Waals surface area contributed by atoms with Crippen LogP contribution in [0.1, 0.15) is 0 Å². The van der Waals surface area contributed by atoms with E-state index in [1.165, 1.54) is 0 Å². The van der Waals surface area contributed by atoms with Gasteiger partial charge < -0.3 is 14.7 Å². The van der Waals surface area contributed by atoms with Gasteiger partial charge in [0.05, 0.1) is 0 Å². The highest BCUT2D eigenvalue weighted by atomic mass is 35.5. The molecule has 0 spiro atoms. The van der Waals surface area contributed by atoms with Crippen LogP contribution in [0, 0.1) is 0 Å². The predicted octanol–water partition coefficient (Wildman–Crippen LogP) is 0.739. The van der Waals surface area contributed by atoms with Crippen molar-refractivity contribution in [3.63, 3.8) is 0 Å². The van der Waals surface area contributed by atoms with Crippen LogP contribution in [0.4, 0.5) is 0 Å². The van der Waals surface area contributed by atoms with Gasteiger partial charge in [0.15, 0.2) is 5.02 Å². The highest BCUT2D eigenvalue weighted by Crippen LogP contribution is 2.30. The summed E-state index contributed by atoms with van der Waals surface area (Å²) in [5.74, 6) is -1.06. The second-order valence-electron chi connectivity index (χ2n) is 1.13. The summed E-state index contributed by atoms with van der Waals surface area (Å²) in [4.78, 5) is 0. The van der Waals surface area contributed by atoms with Crippen molar-refractivity contribution in [1.29, 1.82) is 0 Å². The molecule has 0 amide bonds. The van der Waals surface area contributed by atoms with E-state index in [2.05, 4.69) is 9.68 Å². The summed E-state index contributed by atoms with van der Waals surface area (Å²) < 4.78 is 4.02. The SMILES string of the molecule is Oc1noc(O)c1Cl. The Morgan fingerprint density at radius 3 is 2.25 bits per heavy atom. The standard InChI is InChI=1S/C3H2ClNO3/c4-1-2(6)5-8-3(1)7/h7H,(H,5,6). The Morgan fingerprint density at radius 1 is 1.50 bits per heavy atom. The second kappa shape index (κ2) is 1.56. The van der Waals surface area contributed by atoms with Crippen LogP contribution in [-0.2, 0) is 0 Å². The highest BCUT2D eigenvalue weighted by Gasteiger charge is 2.09. The van der Waals surface area contributed by atoms with Gasteiger partial charge in [0.2, 0.25) is 0 Å². The lowest BCUT2D eigenvalue weighted by atomic mass is 10.7. The molecule has 8 heavy (non-hydrogen) atoms. The van der Waals surface area contributed by atoms with E-state index < -0.39 is 11.8 Å². The van der Waals surface area contributed by atoms with Crippen LogP contribution in [0.5, 0.6) is 11.8 Å². The molecule has 44 valence electrons. The van der Waals surface area contributed by atoms with E-state index in [9.17, 15) is 0 Å². The van der Waals surface area contributed by atoms with Gasteiger partial charge in [-0.1, -0.05) is 11.6 Å². The van der Waals surface area contributed by atoms with Gasteiger partial charge in [-0.3, -0.25) is 0 Å². The Morgan fingerprint density at radius 2 is 2.12 bits per heavy atom. The summed E-state index contributed by atoms with van der Waals surface area (Å²) in [6.07, 6.45) is 0. The van der Waals surface area contributed by atoms with Crippen LogP contribution in [0.2, 0.25) is 5.02 Å². The van der Waals surface area contributed by atoms with Gasteiger partial charge in [0.1, 0.15) is 0 Å². The summed E-state index contributed by atoms with van der Waals surface area (Å²) in [7, 11) is 0. The lowest BCUT2D eigenvalue weighted by Gasteiger charge is -1.75. The van der Waals surface area contributed by atoms with Crippen molar-refractivity contribution >= 4 is 11.6 Å². The van der Waals surface area contributed by atoms with Crippen molar-refractivity contribution in [2.75, 3.05) is 0 Å². The maximum absolute atomic E-state index is 8.44. The molecule has 5 heteroatoms. The first kappa shape index (κ1) is 5.24. The Labute approximate surface area is 49.3 Å². The van der Waals surface area contributed by atoms with Gasteiger partial charge in [0, 0.05) is 0 Å². The van der Waals surface area contributed by atoms with Crippen LogP contribution in [0.15, 0.2) is 4.52 Å². The quantitative estimate of drug-likeness (QED) is 0.551. The van der Waals surface area contributed by atoms with Gasteiger partial charge in [-0.15, -0.1) is 0 Å². The summed E-state index contributed by atoms with van der Waals surface area (Å²) in [6, 6.07) is 0. The third kappa shape index (κ3) is 0.586. The fourth-order valence-electron chi connectivity index (χ4n) is 0.262. The number of rotatable bonds is 0. The summed E-state index contributed by atoms with van der Waals surface area (Å²) in [5.41, 5.74) is 0. The van der Waals surface area contributed by atoms with Crippen molar-refractivity contribution in [2.24, 2.45) is 0 Å². The van der Waals surface area contributed by atoms with Crippen LogP contribution in [-0.4, -0.2) is 15.4 Å². The average Bonchev–Trinajstić information content (AvgIpc) is 1.98. The molecule has 0 aromatic carbocycles. The molecule has 1 aromatic rings. The molecular formula is C3H2ClNO3. The first-order valence-corrected chi connectivity index (χ1v) is 2.12. The van der Waals surface area contributed by atoms with Crippen molar-refractivity contribution in [3.05, 3.63) is 5.02 Å². The summed E-state index contributed by atoms with van der Waals surface area (Å²) in [6.45, 7) is 0. The van der Waals surface area contributed by atoms with E-state index in [0.717, 1.165) is 0 Å². The minimum absolute atomic E-state index is 0.259. The van der Waals surface area contributed by atoms with E-state index in [1.54, 1.807) is 0 Å². The predicted molar refractivity (Wildman–Crippen MR) is 24.8 cm³/mol. The van der Waals surface area contributed by atoms with Crippen LogP contribution in [0.25, 0.3) is 0 Å². The van der Waals surface area contributed by atoms with Gasteiger partial charge in [0.25, 0.3) is 5.88 Å². The number of aromatic hydroxyl groups is 2. The largest absolute Gasteiger partial charge is 0.490 e. The third-order valence-electron chi connectivity index (χ3n) is 0.603. The topological polar surface area (TPSA) is 66.5 Å². The van der Waals surface area contributed by atoms with Crippen molar-refractivity contribution in [2.45, 2.75) is 0 Å². The van der Waals surface area contributed by atoms with E-state index in [0.29, 0.717) is 0 Å². The minimum atomic E-state index is -0.566. The van der Waals surface area contributed by atoms with Crippen LogP contribution >= 0.6 is 11.6 Å². The average molecular weight is 136 g/mol. The molecule has 0 aliphatic heterocycles. The molecule has 1 aromatic heterocycles. The van der Waals surface area contributed by atoms with E-state index in [1.807, 2.05) is 0 Å².